The number of aryl methyl sites for hydroxylation is 1. The molecule has 0 spiro atoms. The Morgan fingerprint density at radius 3 is 2.08 bits per heavy atom. The van der Waals surface area contributed by atoms with Crippen molar-refractivity contribution < 1.29 is 0 Å². The van der Waals surface area contributed by atoms with Gasteiger partial charge in [0.2, 0.25) is 0 Å². The molecule has 0 amide bonds. The van der Waals surface area contributed by atoms with E-state index in [1.54, 1.807) is 0 Å². The minimum atomic E-state index is 1.10. The van der Waals surface area contributed by atoms with Crippen molar-refractivity contribution in [3.8, 4) is 0 Å². The van der Waals surface area contributed by atoms with Crippen molar-refractivity contribution in [2.24, 2.45) is 0 Å². The lowest BCUT2D eigenvalue weighted by molar-refractivity contribution is 0.883. The fourth-order valence-electron chi connectivity index (χ4n) is 0.802. The van der Waals surface area contributed by atoms with Crippen molar-refractivity contribution >= 4 is 0 Å². The maximum absolute atomic E-state index is 4.17. The van der Waals surface area contributed by atoms with Crippen molar-refractivity contribution in [3.05, 3.63) is 30.1 Å². The molecule has 1 rings (SSSR count). The van der Waals surface area contributed by atoms with Crippen LogP contribution in [-0.2, 0) is 6.42 Å². The predicted octanol–water partition coefficient (Wildman–Crippen LogP) is 3.84. The first-order valence-electron chi connectivity index (χ1n) is 5.25. The molecule has 74 valence electrons. The Labute approximate surface area is 82.2 Å². The summed E-state index contributed by atoms with van der Waals surface area (Å²) in [5, 5.41) is 0. The summed E-state index contributed by atoms with van der Waals surface area (Å²) in [5.41, 5.74) is 1.19. The van der Waals surface area contributed by atoms with Gasteiger partial charge in [-0.25, -0.2) is 0 Å². The minimum Gasteiger partial charge on any atom is -0.261 e. The quantitative estimate of drug-likeness (QED) is 0.687. The molecule has 0 aliphatic heterocycles. The third kappa shape index (κ3) is 7.51. The van der Waals surface area contributed by atoms with Gasteiger partial charge in [0.25, 0.3) is 0 Å². The smallest absolute Gasteiger partial charge is 0.0403 e. The molecule has 0 radical (unpaired) electrons. The summed E-state index contributed by atoms with van der Waals surface area (Å²) >= 11 is 0. The van der Waals surface area contributed by atoms with Gasteiger partial charge in [0, 0.05) is 11.9 Å². The lowest BCUT2D eigenvalue weighted by Gasteiger charge is -1.92. The van der Waals surface area contributed by atoms with Gasteiger partial charge in [-0.1, -0.05) is 46.1 Å². The van der Waals surface area contributed by atoms with Gasteiger partial charge in [-0.2, -0.15) is 0 Å². The van der Waals surface area contributed by atoms with Gasteiger partial charge in [0.1, 0.15) is 0 Å². The van der Waals surface area contributed by atoms with Crippen molar-refractivity contribution in [2.45, 2.75) is 46.5 Å². The van der Waals surface area contributed by atoms with E-state index in [0.29, 0.717) is 0 Å². The Bertz CT molecular complexity index is 180. The van der Waals surface area contributed by atoms with Crippen LogP contribution in [0.15, 0.2) is 24.4 Å². The van der Waals surface area contributed by atoms with Gasteiger partial charge in [0.05, 0.1) is 0 Å². The molecule has 0 saturated heterocycles. The van der Waals surface area contributed by atoms with Gasteiger partial charge in [-0.15, -0.1) is 0 Å². The minimum absolute atomic E-state index is 1.10. The fourth-order valence-corrected chi connectivity index (χ4v) is 0.802. The van der Waals surface area contributed by atoms with Gasteiger partial charge < -0.3 is 0 Å². The van der Waals surface area contributed by atoms with Crippen LogP contribution in [0.2, 0.25) is 0 Å². The molecule has 1 aromatic heterocycles. The molecule has 0 aliphatic carbocycles. The van der Waals surface area contributed by atoms with Gasteiger partial charge >= 0.3 is 0 Å². The third-order valence-corrected chi connectivity index (χ3v) is 1.73. The van der Waals surface area contributed by atoms with E-state index < -0.39 is 0 Å². The second-order valence-corrected chi connectivity index (χ2v) is 3.07. The van der Waals surface area contributed by atoms with Crippen molar-refractivity contribution in [2.75, 3.05) is 0 Å². The van der Waals surface area contributed by atoms with Crippen LogP contribution in [0.25, 0.3) is 0 Å². The van der Waals surface area contributed by atoms with Crippen LogP contribution in [0, 0.1) is 0 Å². The van der Waals surface area contributed by atoms with Crippen LogP contribution in [0.5, 0.6) is 0 Å². The topological polar surface area (TPSA) is 12.9 Å². The lowest BCUT2D eigenvalue weighted by atomic mass is 10.2. The Kier molecular flexibility index (Phi) is 8.64. The van der Waals surface area contributed by atoms with Crippen LogP contribution in [0.1, 0.15) is 45.7 Å². The summed E-state index contributed by atoms with van der Waals surface area (Å²) in [6.45, 7) is 6.52. The zero-order chi connectivity index (χ0) is 9.94. The van der Waals surface area contributed by atoms with Gasteiger partial charge in [-0.05, 0) is 18.6 Å². The number of nitrogens with zero attached hydrogens (tertiary/aromatic N) is 1. The Hall–Kier alpha value is -0.850. The molecule has 1 nitrogen and oxygen atoms in total. The third-order valence-electron chi connectivity index (χ3n) is 1.73. The number of hydrogen-bond donors (Lipinski definition) is 0. The van der Waals surface area contributed by atoms with E-state index in [0.717, 1.165) is 6.42 Å². The molecule has 13 heavy (non-hydrogen) atoms. The summed E-state index contributed by atoms with van der Waals surface area (Å²) in [6.07, 6.45) is 6.75. The van der Waals surface area contributed by atoms with Crippen molar-refractivity contribution in [1.82, 2.24) is 4.98 Å². The summed E-state index contributed by atoms with van der Waals surface area (Å²) in [7, 11) is 0. The average Bonchev–Trinajstić information content (AvgIpc) is 2.20. The maximum Gasteiger partial charge on any atom is 0.0403 e. The lowest BCUT2D eigenvalue weighted by Crippen LogP contribution is -1.84. The van der Waals surface area contributed by atoms with E-state index in [9.17, 15) is 0 Å². The van der Waals surface area contributed by atoms with Crippen LogP contribution in [-0.4, -0.2) is 4.98 Å². The molecule has 0 unspecified atom stereocenters. The normalized spacial score (nSPS) is 8.85. The van der Waals surface area contributed by atoms with Crippen LogP contribution in [0.4, 0.5) is 0 Å². The summed E-state index contributed by atoms with van der Waals surface area (Å²) in [5.74, 6) is 0. The highest BCUT2D eigenvalue weighted by molar-refractivity contribution is 5.02. The number of unbranched alkanes of at least 4 members (excludes halogenated alkanes) is 1. The second-order valence-electron chi connectivity index (χ2n) is 3.07. The van der Waals surface area contributed by atoms with Gasteiger partial charge in [-0.3, -0.25) is 4.98 Å². The highest BCUT2D eigenvalue weighted by atomic mass is 14.7. The highest BCUT2D eigenvalue weighted by Crippen LogP contribution is 1.95. The summed E-state index contributed by atoms with van der Waals surface area (Å²) in [4.78, 5) is 4.17. The molecule has 0 N–H and O–H groups in total. The number of rotatable bonds is 3. The Morgan fingerprint density at radius 2 is 1.69 bits per heavy atom. The molecule has 0 aliphatic rings. The van der Waals surface area contributed by atoms with Gasteiger partial charge in [0.15, 0.2) is 0 Å². The van der Waals surface area contributed by atoms with E-state index in [1.165, 1.54) is 25.0 Å². The molecule has 0 saturated carbocycles. The molecule has 1 heterocycles. The molecule has 1 aromatic rings. The van der Waals surface area contributed by atoms with E-state index in [4.69, 9.17) is 0 Å². The first-order valence-corrected chi connectivity index (χ1v) is 5.25. The largest absolute Gasteiger partial charge is 0.261 e. The number of pyridine rings is 1. The van der Waals surface area contributed by atoms with E-state index in [2.05, 4.69) is 31.8 Å². The SMILES string of the molecule is CCCC.CCCc1ccccn1. The number of aromatic nitrogens is 1. The first kappa shape index (κ1) is 12.2. The molecular formula is C12H21N. The number of hydrogen-bond acceptors (Lipinski definition) is 1. The molecule has 0 bridgehead atoms. The Balaban J connectivity index is 0.000000310. The molecule has 0 atom stereocenters. The van der Waals surface area contributed by atoms with Crippen LogP contribution >= 0.6 is 0 Å². The monoisotopic (exact) mass is 179 g/mol. The zero-order valence-corrected chi connectivity index (χ0v) is 9.09. The summed E-state index contributed by atoms with van der Waals surface area (Å²) in [6, 6.07) is 6.03. The second kappa shape index (κ2) is 9.24. The highest BCUT2D eigenvalue weighted by Gasteiger charge is 1.86. The van der Waals surface area contributed by atoms with Crippen LogP contribution in [0.3, 0.4) is 0 Å². The zero-order valence-electron chi connectivity index (χ0n) is 9.09. The van der Waals surface area contributed by atoms with E-state index in [-0.39, 0.29) is 0 Å². The molecular weight excluding hydrogens is 158 g/mol. The van der Waals surface area contributed by atoms with Crippen LogP contribution < -0.4 is 0 Å². The molecule has 0 fully saturated rings. The van der Waals surface area contributed by atoms with E-state index >= 15 is 0 Å². The van der Waals surface area contributed by atoms with Crippen molar-refractivity contribution in [3.63, 3.8) is 0 Å². The Morgan fingerprint density at radius 1 is 1.00 bits per heavy atom. The summed E-state index contributed by atoms with van der Waals surface area (Å²) < 4.78 is 0. The standard InChI is InChI=1S/C8H11N.C4H10/c1-2-5-8-6-3-4-7-9-8;1-3-4-2/h3-4,6-7H,2,5H2,1H3;3-4H2,1-2H3. The first-order chi connectivity index (χ1) is 6.35. The molecule has 1 heteroatoms. The fraction of sp³-hybridized carbons (Fsp3) is 0.583. The molecule has 0 aromatic carbocycles. The maximum atomic E-state index is 4.17. The van der Waals surface area contributed by atoms with Crippen molar-refractivity contribution in [1.29, 1.82) is 0 Å². The van der Waals surface area contributed by atoms with E-state index in [1.807, 2.05) is 18.3 Å². The average molecular weight is 179 g/mol. The predicted molar refractivity (Wildman–Crippen MR) is 58.8 cm³/mol.